The Morgan fingerprint density at radius 3 is 2.67 bits per heavy atom. The number of benzene rings is 2. The highest BCUT2D eigenvalue weighted by atomic mass is 35.5. The fourth-order valence-corrected chi connectivity index (χ4v) is 3.57. The van der Waals surface area contributed by atoms with Crippen LogP contribution in [-0.4, -0.2) is 36.3 Å². The van der Waals surface area contributed by atoms with E-state index in [0.29, 0.717) is 16.5 Å². The van der Waals surface area contributed by atoms with Crippen LogP contribution in [0.25, 0.3) is 6.08 Å². The summed E-state index contributed by atoms with van der Waals surface area (Å²) in [5, 5.41) is 0.578. The zero-order valence-corrected chi connectivity index (χ0v) is 15.5. The molecule has 2 amide bonds. The van der Waals surface area contributed by atoms with Gasteiger partial charge in [-0.1, -0.05) is 35.9 Å². The van der Waals surface area contributed by atoms with Gasteiger partial charge in [0.1, 0.15) is 6.54 Å². The molecule has 0 N–H and O–H groups in total. The van der Waals surface area contributed by atoms with Crippen LogP contribution in [-0.2, 0) is 9.59 Å². The molecule has 5 nitrogen and oxygen atoms in total. The number of amides is 2. The first-order chi connectivity index (χ1) is 13.1. The Morgan fingerprint density at radius 1 is 1.11 bits per heavy atom. The second-order valence-electron chi connectivity index (χ2n) is 6.61. The minimum Gasteiger partial charge on any atom is -0.449 e. The smallest absolute Gasteiger partial charge is 0.294 e. The fraction of sp³-hybridized carbons (Fsp3) is 0.238. The molecular formula is C21H19ClN2O3. The number of hydrogen-bond donors (Lipinski definition) is 0. The van der Waals surface area contributed by atoms with Crippen LogP contribution in [0.5, 0.6) is 5.75 Å². The number of halogens is 1. The Balaban J connectivity index is 1.66. The first kappa shape index (κ1) is 17.6. The molecule has 6 heteroatoms. The molecule has 2 aromatic rings. The third-order valence-electron chi connectivity index (χ3n) is 4.73. The lowest BCUT2D eigenvalue weighted by atomic mass is 10.1. The number of ether oxygens (including phenoxy) is 1. The highest BCUT2D eigenvalue weighted by molar-refractivity contribution is 6.30. The zero-order chi connectivity index (χ0) is 18.8. The highest BCUT2D eigenvalue weighted by Crippen LogP contribution is 2.35. The van der Waals surface area contributed by atoms with Gasteiger partial charge in [0.2, 0.25) is 5.91 Å². The van der Waals surface area contributed by atoms with E-state index in [9.17, 15) is 9.59 Å². The maximum absolute atomic E-state index is 13.1. The first-order valence-corrected chi connectivity index (χ1v) is 9.33. The summed E-state index contributed by atoms with van der Waals surface area (Å²) in [5.41, 5.74) is 1.37. The van der Waals surface area contributed by atoms with Crippen LogP contribution >= 0.6 is 11.6 Å². The molecule has 2 aliphatic rings. The molecular weight excluding hydrogens is 364 g/mol. The summed E-state index contributed by atoms with van der Waals surface area (Å²) in [6, 6.07) is 14.4. The molecule has 0 saturated carbocycles. The molecule has 1 saturated heterocycles. The highest BCUT2D eigenvalue weighted by Gasteiger charge is 2.33. The van der Waals surface area contributed by atoms with Crippen molar-refractivity contribution < 1.29 is 14.3 Å². The summed E-state index contributed by atoms with van der Waals surface area (Å²) in [6.07, 6.45) is 3.68. The van der Waals surface area contributed by atoms with Crippen molar-refractivity contribution in [2.75, 3.05) is 24.5 Å². The summed E-state index contributed by atoms with van der Waals surface area (Å²) in [5.74, 6) is 0.352. The standard InChI is InChI=1S/C21H19ClN2O3/c22-16-7-5-6-15(12-16)13-19-21(26)24(14-20(25)23-10-3-4-11-23)17-8-1-2-9-18(17)27-19/h1-2,5-9,12-13H,3-4,10-11,14H2. The molecule has 0 spiro atoms. The number of anilines is 1. The number of carbonyl (C=O) groups excluding carboxylic acids is 2. The molecule has 2 aliphatic heterocycles. The van der Waals surface area contributed by atoms with Gasteiger partial charge >= 0.3 is 0 Å². The van der Waals surface area contributed by atoms with Crippen molar-refractivity contribution in [3.8, 4) is 5.75 Å². The number of fused-ring (bicyclic) bond motifs is 1. The predicted molar refractivity (Wildman–Crippen MR) is 105 cm³/mol. The van der Waals surface area contributed by atoms with E-state index in [0.717, 1.165) is 31.5 Å². The number of para-hydroxylation sites is 2. The van der Waals surface area contributed by atoms with E-state index in [4.69, 9.17) is 16.3 Å². The van der Waals surface area contributed by atoms with Crippen LogP contribution in [0, 0.1) is 0 Å². The van der Waals surface area contributed by atoms with Gasteiger partial charge in [0.05, 0.1) is 5.69 Å². The van der Waals surface area contributed by atoms with Crippen molar-refractivity contribution in [3.63, 3.8) is 0 Å². The molecule has 4 rings (SSSR count). The van der Waals surface area contributed by atoms with Crippen LogP contribution in [0.3, 0.4) is 0 Å². The van der Waals surface area contributed by atoms with Gasteiger partial charge < -0.3 is 9.64 Å². The van der Waals surface area contributed by atoms with Gasteiger partial charge in [-0.15, -0.1) is 0 Å². The predicted octanol–water partition coefficient (Wildman–Crippen LogP) is 3.73. The molecule has 0 atom stereocenters. The third kappa shape index (κ3) is 3.69. The lowest BCUT2D eigenvalue weighted by Gasteiger charge is -2.31. The molecule has 1 fully saturated rings. The van der Waals surface area contributed by atoms with E-state index < -0.39 is 0 Å². The van der Waals surface area contributed by atoms with Crippen molar-refractivity contribution in [2.45, 2.75) is 12.8 Å². The van der Waals surface area contributed by atoms with E-state index in [-0.39, 0.29) is 24.1 Å². The normalized spacial score (nSPS) is 17.8. The van der Waals surface area contributed by atoms with Gasteiger partial charge in [-0.25, -0.2) is 0 Å². The van der Waals surface area contributed by atoms with Gasteiger partial charge in [-0.3, -0.25) is 14.5 Å². The third-order valence-corrected chi connectivity index (χ3v) is 4.97. The molecule has 138 valence electrons. The van der Waals surface area contributed by atoms with E-state index >= 15 is 0 Å². The quantitative estimate of drug-likeness (QED) is 0.760. The SMILES string of the molecule is O=C(CN1C(=O)C(=Cc2cccc(Cl)c2)Oc2ccccc21)N1CCCC1. The lowest BCUT2D eigenvalue weighted by molar-refractivity contribution is -0.130. The van der Waals surface area contributed by atoms with Gasteiger partial charge in [-0.2, -0.15) is 0 Å². The van der Waals surface area contributed by atoms with Crippen LogP contribution in [0.2, 0.25) is 5.02 Å². The Labute approximate surface area is 162 Å². The van der Waals surface area contributed by atoms with Crippen molar-refractivity contribution in [1.29, 1.82) is 0 Å². The number of rotatable bonds is 3. The average molecular weight is 383 g/mol. The van der Waals surface area contributed by atoms with Crippen molar-refractivity contribution in [2.24, 2.45) is 0 Å². The molecule has 0 radical (unpaired) electrons. The Hall–Kier alpha value is -2.79. The Bertz CT molecular complexity index is 919. The van der Waals surface area contributed by atoms with Crippen LogP contribution in [0.4, 0.5) is 5.69 Å². The second kappa shape index (κ2) is 7.45. The molecule has 2 heterocycles. The van der Waals surface area contributed by atoms with E-state index in [1.807, 2.05) is 29.2 Å². The summed E-state index contributed by atoms with van der Waals surface area (Å²) >= 11 is 6.03. The molecule has 0 unspecified atom stereocenters. The molecule has 2 aromatic carbocycles. The fourth-order valence-electron chi connectivity index (χ4n) is 3.37. The Kier molecular flexibility index (Phi) is 4.86. The maximum atomic E-state index is 13.1. The number of likely N-dealkylation sites (tertiary alicyclic amines) is 1. The Morgan fingerprint density at radius 2 is 1.89 bits per heavy atom. The van der Waals surface area contributed by atoms with Crippen LogP contribution < -0.4 is 9.64 Å². The van der Waals surface area contributed by atoms with E-state index in [1.165, 1.54) is 4.90 Å². The largest absolute Gasteiger partial charge is 0.449 e. The van der Waals surface area contributed by atoms with E-state index in [2.05, 4.69) is 0 Å². The van der Waals surface area contributed by atoms with Crippen molar-refractivity contribution in [1.82, 2.24) is 4.90 Å². The lowest BCUT2D eigenvalue weighted by Crippen LogP contribution is -2.45. The monoisotopic (exact) mass is 382 g/mol. The summed E-state index contributed by atoms with van der Waals surface area (Å²) in [4.78, 5) is 29.0. The summed E-state index contributed by atoms with van der Waals surface area (Å²) < 4.78 is 5.83. The molecule has 27 heavy (non-hydrogen) atoms. The van der Waals surface area contributed by atoms with E-state index in [1.54, 1.807) is 30.3 Å². The van der Waals surface area contributed by atoms with Crippen LogP contribution in [0.1, 0.15) is 18.4 Å². The first-order valence-electron chi connectivity index (χ1n) is 8.95. The van der Waals surface area contributed by atoms with Gasteiger partial charge in [0.15, 0.2) is 11.5 Å². The van der Waals surface area contributed by atoms with Crippen molar-refractivity contribution in [3.05, 3.63) is 64.9 Å². The topological polar surface area (TPSA) is 49.9 Å². The second-order valence-corrected chi connectivity index (χ2v) is 7.05. The van der Waals surface area contributed by atoms with Crippen molar-refractivity contribution >= 4 is 35.2 Å². The number of nitrogens with zero attached hydrogens (tertiary/aromatic N) is 2. The zero-order valence-electron chi connectivity index (χ0n) is 14.7. The number of hydrogen-bond acceptors (Lipinski definition) is 3. The number of carbonyl (C=O) groups is 2. The van der Waals surface area contributed by atoms with Gasteiger partial charge in [-0.05, 0) is 48.7 Å². The van der Waals surface area contributed by atoms with Gasteiger partial charge in [0, 0.05) is 18.1 Å². The minimum absolute atomic E-state index is 0.00604. The minimum atomic E-state index is -0.332. The summed E-state index contributed by atoms with van der Waals surface area (Å²) in [7, 11) is 0. The van der Waals surface area contributed by atoms with Gasteiger partial charge in [0.25, 0.3) is 5.91 Å². The average Bonchev–Trinajstić information content (AvgIpc) is 3.20. The molecule has 0 aromatic heterocycles. The molecule has 0 bridgehead atoms. The maximum Gasteiger partial charge on any atom is 0.294 e. The summed E-state index contributed by atoms with van der Waals surface area (Å²) in [6.45, 7) is 1.51. The molecule has 0 aliphatic carbocycles. The van der Waals surface area contributed by atoms with Crippen LogP contribution in [0.15, 0.2) is 54.3 Å².